The van der Waals surface area contributed by atoms with Gasteiger partial charge in [-0.2, -0.15) is 8.42 Å². The fourth-order valence-electron chi connectivity index (χ4n) is 1.98. The topological polar surface area (TPSA) is 87.7 Å². The number of H-pyrrole nitrogens is 1. The summed E-state index contributed by atoms with van der Waals surface area (Å²) in [4.78, 5) is 10.7. The first-order valence-corrected chi connectivity index (χ1v) is 7.42. The molecule has 2 heterocycles. The zero-order valence-corrected chi connectivity index (χ0v) is 11.5. The second kappa shape index (κ2) is 4.61. The van der Waals surface area contributed by atoms with Crippen LogP contribution >= 0.6 is 0 Å². The van der Waals surface area contributed by atoms with Crippen molar-refractivity contribution >= 4 is 26.6 Å². The molecule has 2 N–H and O–H groups in total. The molecule has 0 unspecified atom stereocenters. The molecule has 0 atom stereocenters. The number of pyridine rings is 1. The van der Waals surface area contributed by atoms with Gasteiger partial charge in [0.1, 0.15) is 0 Å². The molecule has 6 nitrogen and oxygen atoms in total. The number of nitrogens with zero attached hydrogens (tertiary/aromatic N) is 2. The smallest absolute Gasteiger partial charge is 0.278 e. The van der Waals surface area contributed by atoms with E-state index in [2.05, 4.69) is 19.7 Å². The van der Waals surface area contributed by atoms with Crippen LogP contribution in [-0.2, 0) is 10.0 Å². The summed E-state index contributed by atoms with van der Waals surface area (Å²) in [6.45, 7) is 1.82. The van der Waals surface area contributed by atoms with Crippen molar-refractivity contribution in [3.8, 4) is 0 Å². The predicted octanol–water partition coefficient (Wildman–Crippen LogP) is 2.07. The van der Waals surface area contributed by atoms with Crippen LogP contribution in [0.3, 0.4) is 0 Å². The number of hydrogen-bond donors (Lipinski definition) is 2. The van der Waals surface area contributed by atoms with E-state index in [0.717, 1.165) is 16.6 Å². The number of aromatic amines is 1. The van der Waals surface area contributed by atoms with Crippen LogP contribution in [0.4, 0.5) is 5.69 Å². The first kappa shape index (κ1) is 12.6. The first-order chi connectivity index (χ1) is 9.56. The zero-order valence-electron chi connectivity index (χ0n) is 10.7. The van der Waals surface area contributed by atoms with Gasteiger partial charge in [-0.25, -0.2) is 4.98 Å². The maximum absolute atomic E-state index is 12.2. The van der Waals surface area contributed by atoms with Gasteiger partial charge in [-0.1, -0.05) is 18.2 Å². The van der Waals surface area contributed by atoms with Crippen LogP contribution in [0.1, 0.15) is 5.69 Å². The average Bonchev–Trinajstić information content (AvgIpc) is 2.92. The molecular weight excluding hydrogens is 276 g/mol. The molecule has 1 aromatic carbocycles. The SMILES string of the molecule is Cc1cc(NS(=O)(=O)c2cnc[nH]2)c2ccccc2n1. The van der Waals surface area contributed by atoms with E-state index in [4.69, 9.17) is 0 Å². The molecule has 0 spiro atoms. The van der Waals surface area contributed by atoms with E-state index < -0.39 is 10.0 Å². The maximum Gasteiger partial charge on any atom is 0.278 e. The summed E-state index contributed by atoms with van der Waals surface area (Å²) in [5.74, 6) is 0. The van der Waals surface area contributed by atoms with Crippen molar-refractivity contribution in [3.05, 3.63) is 48.5 Å². The average molecular weight is 288 g/mol. The molecule has 0 radical (unpaired) electrons. The van der Waals surface area contributed by atoms with Gasteiger partial charge in [0.2, 0.25) is 0 Å². The van der Waals surface area contributed by atoms with Crippen LogP contribution < -0.4 is 4.72 Å². The van der Waals surface area contributed by atoms with Gasteiger partial charge in [-0.3, -0.25) is 9.71 Å². The Morgan fingerprint density at radius 3 is 2.80 bits per heavy atom. The number of aryl methyl sites for hydroxylation is 1. The Labute approximate surface area is 115 Å². The van der Waals surface area contributed by atoms with Gasteiger partial charge in [-0.15, -0.1) is 0 Å². The van der Waals surface area contributed by atoms with E-state index >= 15 is 0 Å². The standard InChI is InChI=1S/C13H12N4O2S/c1-9-6-12(10-4-2-3-5-11(10)16-9)17-20(18,19)13-7-14-8-15-13/h2-8H,1H3,(H,14,15)(H,16,17). The van der Waals surface area contributed by atoms with E-state index in [-0.39, 0.29) is 5.03 Å². The zero-order chi connectivity index (χ0) is 14.2. The fraction of sp³-hybridized carbons (Fsp3) is 0.0769. The van der Waals surface area contributed by atoms with E-state index in [9.17, 15) is 8.42 Å². The molecule has 0 amide bonds. The fourth-order valence-corrected chi connectivity index (χ4v) is 2.96. The predicted molar refractivity (Wildman–Crippen MR) is 75.9 cm³/mol. The van der Waals surface area contributed by atoms with Gasteiger partial charge < -0.3 is 4.98 Å². The molecule has 0 aliphatic carbocycles. The van der Waals surface area contributed by atoms with Crippen LogP contribution in [0.2, 0.25) is 0 Å². The third-order valence-electron chi connectivity index (χ3n) is 2.85. The number of anilines is 1. The largest absolute Gasteiger partial charge is 0.334 e. The molecule has 0 saturated carbocycles. The summed E-state index contributed by atoms with van der Waals surface area (Å²) in [5, 5.41) is 0.775. The highest BCUT2D eigenvalue weighted by atomic mass is 32.2. The van der Waals surface area contributed by atoms with Crippen molar-refractivity contribution in [2.45, 2.75) is 11.9 Å². The Bertz CT molecular complexity index is 857. The molecule has 0 aliphatic rings. The molecule has 102 valence electrons. The molecular formula is C13H12N4O2S. The number of sulfonamides is 1. The maximum atomic E-state index is 12.2. The minimum absolute atomic E-state index is 0.0241. The van der Waals surface area contributed by atoms with Crippen LogP contribution in [-0.4, -0.2) is 23.4 Å². The minimum Gasteiger partial charge on any atom is -0.334 e. The lowest BCUT2D eigenvalue weighted by Gasteiger charge is -2.10. The number of fused-ring (bicyclic) bond motifs is 1. The van der Waals surface area contributed by atoms with Gasteiger partial charge in [0.05, 0.1) is 23.7 Å². The molecule has 20 heavy (non-hydrogen) atoms. The van der Waals surface area contributed by atoms with Gasteiger partial charge in [0.15, 0.2) is 5.03 Å². The second-order valence-electron chi connectivity index (χ2n) is 4.35. The summed E-state index contributed by atoms with van der Waals surface area (Å²) < 4.78 is 27.0. The monoisotopic (exact) mass is 288 g/mol. The highest BCUT2D eigenvalue weighted by Gasteiger charge is 2.17. The van der Waals surface area contributed by atoms with Crippen LogP contribution in [0.5, 0.6) is 0 Å². The Morgan fingerprint density at radius 2 is 2.05 bits per heavy atom. The lowest BCUT2D eigenvalue weighted by Crippen LogP contribution is -2.14. The van der Waals surface area contributed by atoms with E-state index in [1.165, 1.54) is 12.5 Å². The first-order valence-electron chi connectivity index (χ1n) is 5.94. The normalized spacial score (nSPS) is 11.7. The third kappa shape index (κ3) is 2.23. The number of rotatable bonds is 3. The Hall–Kier alpha value is -2.41. The van der Waals surface area contributed by atoms with Crippen molar-refractivity contribution in [2.75, 3.05) is 4.72 Å². The van der Waals surface area contributed by atoms with Crippen molar-refractivity contribution in [1.29, 1.82) is 0 Å². The molecule has 2 aromatic heterocycles. The molecule has 3 rings (SSSR count). The Balaban J connectivity index is 2.12. The van der Waals surface area contributed by atoms with Crippen LogP contribution in [0.15, 0.2) is 47.9 Å². The summed E-state index contributed by atoms with van der Waals surface area (Å²) in [6.07, 6.45) is 2.59. The number of benzene rings is 1. The summed E-state index contributed by atoms with van der Waals surface area (Å²) >= 11 is 0. The van der Waals surface area contributed by atoms with Crippen molar-refractivity contribution in [3.63, 3.8) is 0 Å². The molecule has 3 aromatic rings. The number of nitrogens with one attached hydrogen (secondary N) is 2. The molecule has 0 fully saturated rings. The van der Waals surface area contributed by atoms with Gasteiger partial charge in [0.25, 0.3) is 10.0 Å². The lowest BCUT2D eigenvalue weighted by atomic mass is 10.2. The highest BCUT2D eigenvalue weighted by molar-refractivity contribution is 7.92. The van der Waals surface area contributed by atoms with Crippen molar-refractivity contribution in [2.24, 2.45) is 0 Å². The minimum atomic E-state index is -3.67. The van der Waals surface area contributed by atoms with Gasteiger partial charge in [0, 0.05) is 11.1 Å². The van der Waals surface area contributed by atoms with Crippen LogP contribution in [0, 0.1) is 6.92 Å². The summed E-state index contributed by atoms with van der Waals surface area (Å²) in [6, 6.07) is 9.08. The van der Waals surface area contributed by atoms with Gasteiger partial charge in [-0.05, 0) is 19.1 Å². The number of hydrogen-bond acceptors (Lipinski definition) is 4. The summed E-state index contributed by atoms with van der Waals surface area (Å²) in [7, 11) is -3.67. The van der Waals surface area contributed by atoms with Crippen molar-refractivity contribution < 1.29 is 8.42 Å². The van der Waals surface area contributed by atoms with Crippen molar-refractivity contribution in [1.82, 2.24) is 15.0 Å². The molecule has 7 heteroatoms. The number of aromatic nitrogens is 3. The highest BCUT2D eigenvalue weighted by Crippen LogP contribution is 2.24. The lowest BCUT2D eigenvalue weighted by molar-refractivity contribution is 0.598. The van der Waals surface area contributed by atoms with Crippen LogP contribution in [0.25, 0.3) is 10.9 Å². The molecule has 0 aliphatic heterocycles. The van der Waals surface area contributed by atoms with E-state index in [0.29, 0.717) is 5.69 Å². The molecule has 0 bridgehead atoms. The molecule has 0 saturated heterocycles. The Morgan fingerprint density at radius 1 is 1.25 bits per heavy atom. The van der Waals surface area contributed by atoms with E-state index in [1.807, 2.05) is 31.2 Å². The summed E-state index contributed by atoms with van der Waals surface area (Å²) in [5.41, 5.74) is 1.99. The quantitative estimate of drug-likeness (QED) is 0.772. The Kier molecular flexibility index (Phi) is 2.90. The second-order valence-corrected chi connectivity index (χ2v) is 6.00. The van der Waals surface area contributed by atoms with Gasteiger partial charge >= 0.3 is 0 Å². The van der Waals surface area contributed by atoms with E-state index in [1.54, 1.807) is 6.07 Å². The number of para-hydroxylation sites is 1. The number of imidazole rings is 1. The third-order valence-corrected chi connectivity index (χ3v) is 4.14.